The second-order valence-corrected chi connectivity index (χ2v) is 4.62. The molecule has 0 radical (unpaired) electrons. The van der Waals surface area contributed by atoms with Crippen molar-refractivity contribution in [2.75, 3.05) is 13.9 Å². The summed E-state index contributed by atoms with van der Waals surface area (Å²) >= 11 is 1.28. The molecule has 3 rings (SSSR count). The van der Waals surface area contributed by atoms with Crippen LogP contribution in [0, 0.1) is 0 Å². The minimum absolute atomic E-state index is 0.240. The van der Waals surface area contributed by atoms with Crippen molar-refractivity contribution in [2.24, 2.45) is 0 Å². The number of rotatable bonds is 2. The van der Waals surface area contributed by atoms with Gasteiger partial charge in [0.05, 0.1) is 13.3 Å². The highest BCUT2D eigenvalue weighted by Crippen LogP contribution is 2.36. The van der Waals surface area contributed by atoms with Crippen LogP contribution in [0.5, 0.6) is 11.5 Å². The highest BCUT2D eigenvalue weighted by molar-refractivity contribution is 7.16. The predicted octanol–water partition coefficient (Wildman–Crippen LogP) is 2.33. The molecule has 0 unspecified atom stereocenters. The molecule has 18 heavy (non-hydrogen) atoms. The third-order valence-corrected chi connectivity index (χ3v) is 3.54. The van der Waals surface area contributed by atoms with Crippen LogP contribution in [0.2, 0.25) is 0 Å². The maximum absolute atomic E-state index is 11.3. The first kappa shape index (κ1) is 11.0. The Labute approximate surface area is 107 Å². The third kappa shape index (κ3) is 1.80. The molecule has 0 bridgehead atoms. The number of carbonyl (C=O) groups excluding carboxylic acids is 1. The molecule has 0 amide bonds. The number of aromatic nitrogens is 1. The second kappa shape index (κ2) is 4.30. The van der Waals surface area contributed by atoms with E-state index in [1.165, 1.54) is 24.6 Å². The van der Waals surface area contributed by atoms with Crippen LogP contribution in [0.3, 0.4) is 0 Å². The van der Waals surface area contributed by atoms with Crippen molar-refractivity contribution in [3.8, 4) is 22.1 Å². The summed E-state index contributed by atoms with van der Waals surface area (Å²) in [6, 6.07) is 5.56. The van der Waals surface area contributed by atoms with Gasteiger partial charge in [-0.05, 0) is 18.2 Å². The quantitative estimate of drug-likeness (QED) is 0.778. The Morgan fingerprint density at radius 2 is 2.22 bits per heavy atom. The van der Waals surface area contributed by atoms with Crippen molar-refractivity contribution >= 4 is 17.3 Å². The van der Waals surface area contributed by atoms with Gasteiger partial charge in [-0.25, -0.2) is 9.78 Å². The largest absolute Gasteiger partial charge is 0.465 e. The number of hydrogen-bond donors (Lipinski definition) is 0. The predicted molar refractivity (Wildman–Crippen MR) is 65.0 cm³/mol. The van der Waals surface area contributed by atoms with Gasteiger partial charge in [-0.15, -0.1) is 11.3 Å². The van der Waals surface area contributed by atoms with Crippen LogP contribution in [0.1, 0.15) is 9.67 Å². The SMILES string of the molecule is COC(=O)c1cnc(-c2ccc3c(c2)OCO3)s1. The lowest BCUT2D eigenvalue weighted by atomic mass is 10.2. The van der Waals surface area contributed by atoms with Crippen LogP contribution >= 0.6 is 11.3 Å². The average molecular weight is 263 g/mol. The van der Waals surface area contributed by atoms with Gasteiger partial charge in [0, 0.05) is 5.56 Å². The minimum atomic E-state index is -0.375. The van der Waals surface area contributed by atoms with E-state index >= 15 is 0 Å². The average Bonchev–Trinajstić information content (AvgIpc) is 3.05. The Morgan fingerprint density at radius 1 is 1.39 bits per heavy atom. The molecule has 0 spiro atoms. The molecule has 2 heterocycles. The van der Waals surface area contributed by atoms with Gasteiger partial charge >= 0.3 is 5.97 Å². The molecule has 0 aliphatic carbocycles. The third-order valence-electron chi connectivity index (χ3n) is 2.51. The molecule has 0 N–H and O–H groups in total. The fraction of sp³-hybridized carbons (Fsp3) is 0.167. The first-order valence-corrected chi connectivity index (χ1v) is 6.04. The van der Waals surface area contributed by atoms with Gasteiger partial charge in [-0.3, -0.25) is 0 Å². The molecular formula is C12H9NO4S. The maximum Gasteiger partial charge on any atom is 0.349 e. The monoisotopic (exact) mass is 263 g/mol. The zero-order valence-corrected chi connectivity index (χ0v) is 10.3. The van der Waals surface area contributed by atoms with Crippen LogP contribution in [0.15, 0.2) is 24.4 Å². The molecule has 1 aliphatic heterocycles. The lowest BCUT2D eigenvalue weighted by molar-refractivity contribution is 0.0606. The Balaban J connectivity index is 1.95. The molecule has 0 fully saturated rings. The van der Waals surface area contributed by atoms with Gasteiger partial charge in [0.2, 0.25) is 6.79 Å². The van der Waals surface area contributed by atoms with E-state index in [4.69, 9.17) is 9.47 Å². The standard InChI is InChI=1S/C12H9NO4S/c1-15-12(14)10-5-13-11(18-10)7-2-3-8-9(4-7)17-6-16-8/h2-5H,6H2,1H3. The highest BCUT2D eigenvalue weighted by Gasteiger charge is 2.16. The number of nitrogens with zero attached hydrogens (tertiary/aromatic N) is 1. The van der Waals surface area contributed by atoms with Gasteiger partial charge in [0.1, 0.15) is 9.88 Å². The zero-order valence-electron chi connectivity index (χ0n) is 9.50. The lowest BCUT2D eigenvalue weighted by Crippen LogP contribution is -1.96. The van der Waals surface area contributed by atoms with Crippen LogP contribution in [0.4, 0.5) is 0 Å². The molecule has 1 aromatic carbocycles. The number of thiazole rings is 1. The number of hydrogen-bond acceptors (Lipinski definition) is 6. The van der Waals surface area contributed by atoms with Crippen LogP contribution in [-0.2, 0) is 4.74 Å². The topological polar surface area (TPSA) is 57.7 Å². The number of methoxy groups -OCH3 is 1. The summed E-state index contributed by atoms with van der Waals surface area (Å²) in [7, 11) is 1.35. The lowest BCUT2D eigenvalue weighted by Gasteiger charge is -1.98. The van der Waals surface area contributed by atoms with Gasteiger partial charge in [0.25, 0.3) is 0 Å². The van der Waals surface area contributed by atoms with Crippen molar-refractivity contribution in [3.63, 3.8) is 0 Å². The summed E-state index contributed by atoms with van der Waals surface area (Å²) in [4.78, 5) is 16.0. The van der Waals surface area contributed by atoms with E-state index in [0.29, 0.717) is 10.6 Å². The smallest absolute Gasteiger partial charge is 0.349 e. The van der Waals surface area contributed by atoms with Gasteiger partial charge in [-0.1, -0.05) is 0 Å². The number of benzene rings is 1. The minimum Gasteiger partial charge on any atom is -0.465 e. The van der Waals surface area contributed by atoms with Crippen molar-refractivity contribution in [1.29, 1.82) is 0 Å². The number of ether oxygens (including phenoxy) is 3. The normalized spacial score (nSPS) is 12.5. The van der Waals surface area contributed by atoms with Crippen LogP contribution < -0.4 is 9.47 Å². The Hall–Kier alpha value is -2.08. The summed E-state index contributed by atoms with van der Waals surface area (Å²) in [5.74, 6) is 1.05. The molecule has 5 nitrogen and oxygen atoms in total. The molecule has 92 valence electrons. The summed E-state index contributed by atoms with van der Waals surface area (Å²) < 4.78 is 15.2. The van der Waals surface area contributed by atoms with E-state index in [0.717, 1.165) is 16.3 Å². The molecule has 0 saturated heterocycles. The van der Waals surface area contributed by atoms with Gasteiger partial charge < -0.3 is 14.2 Å². The summed E-state index contributed by atoms with van der Waals surface area (Å²) in [5.41, 5.74) is 0.888. The first-order valence-electron chi connectivity index (χ1n) is 5.22. The first-order chi connectivity index (χ1) is 8.78. The molecule has 0 saturated carbocycles. The molecule has 6 heteroatoms. The molecular weight excluding hydrogens is 254 g/mol. The van der Waals surface area contributed by atoms with E-state index < -0.39 is 0 Å². The molecule has 1 aromatic heterocycles. The fourth-order valence-corrected chi connectivity index (χ4v) is 2.46. The van der Waals surface area contributed by atoms with E-state index in [2.05, 4.69) is 9.72 Å². The summed E-state index contributed by atoms with van der Waals surface area (Å²) in [6.45, 7) is 0.240. The van der Waals surface area contributed by atoms with Gasteiger partial charge in [-0.2, -0.15) is 0 Å². The fourth-order valence-electron chi connectivity index (χ4n) is 1.63. The van der Waals surface area contributed by atoms with E-state index in [-0.39, 0.29) is 12.8 Å². The molecule has 1 aliphatic rings. The summed E-state index contributed by atoms with van der Waals surface area (Å²) in [5, 5.41) is 0.744. The van der Waals surface area contributed by atoms with Crippen molar-refractivity contribution in [1.82, 2.24) is 4.98 Å². The van der Waals surface area contributed by atoms with E-state index in [1.54, 1.807) is 0 Å². The van der Waals surface area contributed by atoms with E-state index in [9.17, 15) is 4.79 Å². The molecule has 2 aromatic rings. The van der Waals surface area contributed by atoms with Crippen molar-refractivity contribution in [3.05, 3.63) is 29.3 Å². The second-order valence-electron chi connectivity index (χ2n) is 3.59. The number of esters is 1. The van der Waals surface area contributed by atoms with Gasteiger partial charge in [0.15, 0.2) is 11.5 Å². The Kier molecular flexibility index (Phi) is 2.64. The van der Waals surface area contributed by atoms with Crippen molar-refractivity contribution in [2.45, 2.75) is 0 Å². The number of fused-ring (bicyclic) bond motifs is 1. The maximum atomic E-state index is 11.3. The Bertz CT molecular complexity index is 608. The zero-order chi connectivity index (χ0) is 12.5. The molecule has 0 atom stereocenters. The van der Waals surface area contributed by atoms with Crippen LogP contribution in [-0.4, -0.2) is 24.9 Å². The highest BCUT2D eigenvalue weighted by atomic mass is 32.1. The summed E-state index contributed by atoms with van der Waals surface area (Å²) in [6.07, 6.45) is 1.51. The van der Waals surface area contributed by atoms with Crippen LogP contribution in [0.25, 0.3) is 10.6 Å². The van der Waals surface area contributed by atoms with Crippen molar-refractivity contribution < 1.29 is 19.0 Å². The van der Waals surface area contributed by atoms with E-state index in [1.807, 2.05) is 18.2 Å². The number of carbonyl (C=O) groups is 1. The Morgan fingerprint density at radius 3 is 3.06 bits per heavy atom.